The van der Waals surface area contributed by atoms with Gasteiger partial charge < -0.3 is 15.5 Å². The maximum atomic E-state index is 12.6. The van der Waals surface area contributed by atoms with Crippen LogP contribution < -0.4 is 15.5 Å². The first kappa shape index (κ1) is 20.9. The molecule has 2 aromatic carbocycles. The Morgan fingerprint density at radius 3 is 2.30 bits per heavy atom. The number of pyridine rings is 1. The molecule has 0 fully saturated rings. The first-order valence-electron chi connectivity index (χ1n) is 9.94. The van der Waals surface area contributed by atoms with Gasteiger partial charge in [0.1, 0.15) is 5.69 Å². The monoisotopic (exact) mass is 399 g/mol. The summed E-state index contributed by atoms with van der Waals surface area (Å²) in [6, 6.07) is 18.7. The highest BCUT2D eigenvalue weighted by molar-refractivity contribution is 6.03. The maximum Gasteiger partial charge on any atom is 0.274 e. The van der Waals surface area contributed by atoms with E-state index in [2.05, 4.69) is 46.5 Å². The summed E-state index contributed by atoms with van der Waals surface area (Å²) in [5.74, 6) is -0.251. The average molecular weight is 399 g/mol. The lowest BCUT2D eigenvalue weighted by Crippen LogP contribution is -2.22. The highest BCUT2D eigenvalue weighted by Crippen LogP contribution is 2.23. The van der Waals surface area contributed by atoms with E-state index in [1.165, 1.54) is 0 Å². The third kappa shape index (κ3) is 4.95. The van der Waals surface area contributed by atoms with Gasteiger partial charge in [0, 0.05) is 30.2 Å². The first-order chi connectivity index (χ1) is 14.5. The fraction of sp³-hybridized carbons (Fsp3) is 0.208. The standard InChI is InChI=1S/C24H25N5O/c1-4-29(5-2)21-11-13-22(17(3)14-21)28-24(30)23-12-10-20(16-26-23)27-19-8-6-18(15-25)7-9-19/h6-14,16,27H,4-5H2,1-3H3,(H,28,30). The quantitative estimate of drug-likeness (QED) is 0.577. The SMILES string of the molecule is CCN(CC)c1ccc(NC(=O)c2ccc(Nc3ccc(C#N)cc3)cn2)c(C)c1. The Kier molecular flexibility index (Phi) is 6.66. The number of anilines is 4. The Bertz CT molecular complexity index is 1050. The number of nitrogens with one attached hydrogen (secondary N) is 2. The molecule has 0 bridgehead atoms. The predicted molar refractivity (Wildman–Crippen MR) is 121 cm³/mol. The third-order valence-corrected chi connectivity index (χ3v) is 4.89. The van der Waals surface area contributed by atoms with Crippen LogP contribution in [0.4, 0.5) is 22.7 Å². The van der Waals surface area contributed by atoms with E-state index < -0.39 is 0 Å². The number of rotatable bonds is 7. The summed E-state index contributed by atoms with van der Waals surface area (Å²) >= 11 is 0. The lowest BCUT2D eigenvalue weighted by atomic mass is 10.1. The number of carbonyl (C=O) groups excluding carboxylic acids is 1. The second-order valence-electron chi connectivity index (χ2n) is 6.87. The summed E-state index contributed by atoms with van der Waals surface area (Å²) in [7, 11) is 0. The largest absolute Gasteiger partial charge is 0.372 e. The van der Waals surface area contributed by atoms with Gasteiger partial charge in [-0.25, -0.2) is 4.98 Å². The van der Waals surface area contributed by atoms with E-state index in [0.29, 0.717) is 11.3 Å². The van der Waals surface area contributed by atoms with Gasteiger partial charge in [0.15, 0.2) is 0 Å². The van der Waals surface area contributed by atoms with Crippen molar-refractivity contribution >= 4 is 28.7 Å². The number of amides is 1. The molecular weight excluding hydrogens is 374 g/mol. The van der Waals surface area contributed by atoms with Gasteiger partial charge >= 0.3 is 0 Å². The van der Waals surface area contributed by atoms with E-state index in [1.54, 1.807) is 30.5 Å². The van der Waals surface area contributed by atoms with Gasteiger partial charge in [-0.05, 0) is 80.9 Å². The van der Waals surface area contributed by atoms with Crippen LogP contribution in [0, 0.1) is 18.3 Å². The molecule has 0 spiro atoms. The van der Waals surface area contributed by atoms with Crippen molar-refractivity contribution in [2.45, 2.75) is 20.8 Å². The number of nitriles is 1. The molecule has 0 aliphatic heterocycles. The molecule has 6 heteroatoms. The van der Waals surface area contributed by atoms with Crippen molar-refractivity contribution in [3.8, 4) is 6.07 Å². The normalized spacial score (nSPS) is 10.2. The molecule has 0 aliphatic rings. The molecule has 1 heterocycles. The van der Waals surface area contributed by atoms with Gasteiger partial charge in [-0.3, -0.25) is 4.79 Å². The molecule has 152 valence electrons. The second kappa shape index (κ2) is 9.57. The minimum atomic E-state index is -0.251. The smallest absolute Gasteiger partial charge is 0.274 e. The van der Waals surface area contributed by atoms with E-state index in [0.717, 1.165) is 41.4 Å². The molecule has 3 aromatic rings. The Morgan fingerprint density at radius 2 is 1.73 bits per heavy atom. The minimum absolute atomic E-state index is 0.251. The number of hydrogen-bond acceptors (Lipinski definition) is 5. The Labute approximate surface area is 177 Å². The van der Waals surface area contributed by atoms with Crippen LogP contribution in [0.25, 0.3) is 0 Å². The van der Waals surface area contributed by atoms with Crippen LogP contribution >= 0.6 is 0 Å². The fourth-order valence-corrected chi connectivity index (χ4v) is 3.16. The summed E-state index contributed by atoms with van der Waals surface area (Å²) in [6.07, 6.45) is 1.61. The van der Waals surface area contributed by atoms with Gasteiger partial charge in [-0.15, -0.1) is 0 Å². The lowest BCUT2D eigenvalue weighted by Gasteiger charge is -2.22. The Balaban J connectivity index is 1.66. The van der Waals surface area contributed by atoms with E-state index in [9.17, 15) is 4.79 Å². The third-order valence-electron chi connectivity index (χ3n) is 4.89. The van der Waals surface area contributed by atoms with Crippen molar-refractivity contribution in [2.75, 3.05) is 28.6 Å². The zero-order valence-corrected chi connectivity index (χ0v) is 17.4. The molecule has 2 N–H and O–H groups in total. The van der Waals surface area contributed by atoms with E-state index in [4.69, 9.17) is 5.26 Å². The molecule has 0 atom stereocenters. The summed E-state index contributed by atoms with van der Waals surface area (Å²) in [5, 5.41) is 15.0. The average Bonchev–Trinajstić information content (AvgIpc) is 2.77. The number of carbonyl (C=O) groups is 1. The van der Waals surface area contributed by atoms with Crippen molar-refractivity contribution in [1.29, 1.82) is 5.26 Å². The summed E-state index contributed by atoms with van der Waals surface area (Å²) < 4.78 is 0. The van der Waals surface area contributed by atoms with Crippen LogP contribution in [0.15, 0.2) is 60.8 Å². The predicted octanol–water partition coefficient (Wildman–Crippen LogP) is 5.10. The van der Waals surface area contributed by atoms with Crippen LogP contribution in [0.3, 0.4) is 0 Å². The molecule has 0 aliphatic carbocycles. The van der Waals surface area contributed by atoms with E-state index >= 15 is 0 Å². The van der Waals surface area contributed by atoms with Crippen LogP contribution in [-0.4, -0.2) is 24.0 Å². The summed E-state index contributed by atoms with van der Waals surface area (Å²) in [5.41, 5.74) is 5.47. The van der Waals surface area contributed by atoms with Crippen molar-refractivity contribution < 1.29 is 4.79 Å². The molecule has 3 rings (SSSR count). The van der Waals surface area contributed by atoms with E-state index in [-0.39, 0.29) is 5.91 Å². The molecular formula is C24H25N5O. The maximum absolute atomic E-state index is 12.6. The van der Waals surface area contributed by atoms with Crippen LogP contribution in [0.5, 0.6) is 0 Å². The number of benzene rings is 2. The van der Waals surface area contributed by atoms with Gasteiger partial charge in [-0.1, -0.05) is 0 Å². The number of nitrogens with zero attached hydrogens (tertiary/aromatic N) is 3. The minimum Gasteiger partial charge on any atom is -0.372 e. The van der Waals surface area contributed by atoms with Crippen molar-refractivity contribution in [2.24, 2.45) is 0 Å². The van der Waals surface area contributed by atoms with Gasteiger partial charge in [-0.2, -0.15) is 5.26 Å². The molecule has 6 nitrogen and oxygen atoms in total. The van der Waals surface area contributed by atoms with Gasteiger partial charge in [0.25, 0.3) is 5.91 Å². The molecule has 1 aromatic heterocycles. The fourth-order valence-electron chi connectivity index (χ4n) is 3.16. The Hall–Kier alpha value is -3.85. The topological polar surface area (TPSA) is 81.0 Å². The molecule has 0 saturated heterocycles. The molecule has 30 heavy (non-hydrogen) atoms. The number of hydrogen-bond donors (Lipinski definition) is 2. The number of aryl methyl sites for hydroxylation is 1. The summed E-state index contributed by atoms with van der Waals surface area (Å²) in [4.78, 5) is 19.1. The summed E-state index contributed by atoms with van der Waals surface area (Å²) in [6.45, 7) is 8.11. The van der Waals surface area contributed by atoms with Crippen molar-refractivity contribution in [3.63, 3.8) is 0 Å². The van der Waals surface area contributed by atoms with Gasteiger partial charge in [0.2, 0.25) is 0 Å². The van der Waals surface area contributed by atoms with Crippen molar-refractivity contribution in [1.82, 2.24) is 4.98 Å². The zero-order valence-electron chi connectivity index (χ0n) is 17.4. The Morgan fingerprint density at radius 1 is 1.03 bits per heavy atom. The van der Waals surface area contributed by atoms with E-state index in [1.807, 2.05) is 31.2 Å². The molecule has 0 unspecified atom stereocenters. The highest BCUT2D eigenvalue weighted by atomic mass is 16.1. The molecule has 1 amide bonds. The van der Waals surface area contributed by atoms with Crippen molar-refractivity contribution in [3.05, 3.63) is 77.6 Å². The zero-order chi connectivity index (χ0) is 21.5. The lowest BCUT2D eigenvalue weighted by molar-refractivity contribution is 0.102. The van der Waals surface area contributed by atoms with Crippen LogP contribution in [0.2, 0.25) is 0 Å². The second-order valence-corrected chi connectivity index (χ2v) is 6.87. The van der Waals surface area contributed by atoms with Crippen LogP contribution in [0.1, 0.15) is 35.5 Å². The van der Waals surface area contributed by atoms with Gasteiger partial charge in [0.05, 0.1) is 23.5 Å². The van der Waals surface area contributed by atoms with Crippen LogP contribution in [-0.2, 0) is 0 Å². The number of aromatic nitrogens is 1. The molecule has 0 radical (unpaired) electrons. The highest BCUT2D eigenvalue weighted by Gasteiger charge is 2.11. The first-order valence-corrected chi connectivity index (χ1v) is 9.94. The molecule has 0 saturated carbocycles.